The van der Waals surface area contributed by atoms with Crippen LogP contribution in [-0.2, 0) is 12.6 Å². The van der Waals surface area contributed by atoms with Crippen molar-refractivity contribution in [3.05, 3.63) is 70.8 Å². The molecule has 2 rings (SSSR count). The number of halogens is 5. The normalized spacial score (nSPS) is 13.2. The molecule has 0 aromatic heterocycles. The highest BCUT2D eigenvalue weighted by Gasteiger charge is 2.30. The van der Waals surface area contributed by atoms with Gasteiger partial charge in [0.25, 0.3) is 0 Å². The maximum atomic E-state index is 13.4. The zero-order valence-corrected chi connectivity index (χ0v) is 10.7. The second-order valence-electron chi connectivity index (χ2n) is 4.58. The number of alkyl halides is 3. The van der Waals surface area contributed by atoms with Crippen molar-refractivity contribution >= 4 is 0 Å². The highest BCUT2D eigenvalue weighted by Crippen LogP contribution is 2.30. The Labute approximate surface area is 117 Å². The van der Waals surface area contributed by atoms with Gasteiger partial charge in [0.05, 0.1) is 11.7 Å². The summed E-state index contributed by atoms with van der Waals surface area (Å²) in [6, 6.07) is 6.73. The molecule has 6 heteroatoms. The zero-order valence-electron chi connectivity index (χ0n) is 10.7. The summed E-state index contributed by atoms with van der Waals surface area (Å²) in [5, 5.41) is 9.91. The van der Waals surface area contributed by atoms with Crippen LogP contribution in [0.1, 0.15) is 22.8 Å². The lowest BCUT2D eigenvalue weighted by Gasteiger charge is -2.13. The van der Waals surface area contributed by atoms with Crippen molar-refractivity contribution in [2.45, 2.75) is 18.7 Å². The molecule has 1 nitrogen and oxygen atoms in total. The van der Waals surface area contributed by atoms with E-state index in [9.17, 15) is 27.1 Å². The molecule has 0 aliphatic heterocycles. The van der Waals surface area contributed by atoms with Gasteiger partial charge in [-0.1, -0.05) is 12.1 Å². The molecule has 0 heterocycles. The predicted molar refractivity (Wildman–Crippen MR) is 66.5 cm³/mol. The Kier molecular flexibility index (Phi) is 4.27. The lowest BCUT2D eigenvalue weighted by molar-refractivity contribution is -0.137. The number of benzene rings is 2. The molecule has 2 aromatic carbocycles. The number of aliphatic hydroxyl groups excluding tert-OH is 1. The summed E-state index contributed by atoms with van der Waals surface area (Å²) in [6.45, 7) is 0. The average molecular weight is 302 g/mol. The molecule has 0 fully saturated rings. The predicted octanol–water partition coefficient (Wildman–Crippen LogP) is 4.26. The highest BCUT2D eigenvalue weighted by atomic mass is 19.4. The minimum Gasteiger partial charge on any atom is -0.388 e. The molecular formula is C15H11F5O. The zero-order chi connectivity index (χ0) is 15.6. The van der Waals surface area contributed by atoms with Crippen LogP contribution in [-0.4, -0.2) is 5.11 Å². The molecule has 0 amide bonds. The first-order valence-electron chi connectivity index (χ1n) is 6.06. The van der Waals surface area contributed by atoms with Gasteiger partial charge in [-0.2, -0.15) is 13.2 Å². The molecular weight excluding hydrogens is 291 g/mol. The third-order valence-corrected chi connectivity index (χ3v) is 3.04. The van der Waals surface area contributed by atoms with Gasteiger partial charge in [-0.3, -0.25) is 0 Å². The topological polar surface area (TPSA) is 20.2 Å². The fraction of sp³-hybridized carbons (Fsp3) is 0.200. The van der Waals surface area contributed by atoms with E-state index in [0.29, 0.717) is 0 Å². The summed E-state index contributed by atoms with van der Waals surface area (Å²) in [6.07, 6.45) is -5.91. The van der Waals surface area contributed by atoms with Crippen molar-refractivity contribution in [1.29, 1.82) is 0 Å². The molecule has 1 N–H and O–H groups in total. The van der Waals surface area contributed by atoms with Crippen LogP contribution in [0, 0.1) is 11.6 Å². The fourth-order valence-corrected chi connectivity index (χ4v) is 1.92. The van der Waals surface area contributed by atoms with E-state index in [2.05, 4.69) is 0 Å². The second-order valence-corrected chi connectivity index (χ2v) is 4.58. The largest absolute Gasteiger partial charge is 0.416 e. The van der Waals surface area contributed by atoms with Crippen LogP contribution >= 0.6 is 0 Å². The van der Waals surface area contributed by atoms with Gasteiger partial charge in [-0.25, -0.2) is 8.78 Å². The Morgan fingerprint density at radius 1 is 0.952 bits per heavy atom. The molecule has 0 saturated heterocycles. The quantitative estimate of drug-likeness (QED) is 0.840. The van der Waals surface area contributed by atoms with Crippen LogP contribution in [0.4, 0.5) is 22.0 Å². The first kappa shape index (κ1) is 15.4. The van der Waals surface area contributed by atoms with Crippen LogP contribution in [0.5, 0.6) is 0 Å². The Balaban J connectivity index is 2.17. The first-order chi connectivity index (χ1) is 9.77. The van der Waals surface area contributed by atoms with E-state index in [1.54, 1.807) is 0 Å². The van der Waals surface area contributed by atoms with Gasteiger partial charge in [0.1, 0.15) is 11.6 Å². The number of hydrogen-bond acceptors (Lipinski definition) is 1. The highest BCUT2D eigenvalue weighted by molar-refractivity contribution is 5.28. The molecule has 0 radical (unpaired) electrons. The van der Waals surface area contributed by atoms with Crippen LogP contribution in [0.3, 0.4) is 0 Å². The van der Waals surface area contributed by atoms with Gasteiger partial charge in [0.2, 0.25) is 0 Å². The van der Waals surface area contributed by atoms with E-state index in [0.717, 1.165) is 42.5 Å². The Hall–Kier alpha value is -1.95. The minimum absolute atomic E-state index is 0.0394. The van der Waals surface area contributed by atoms with E-state index in [-0.39, 0.29) is 17.5 Å². The molecule has 0 spiro atoms. The monoisotopic (exact) mass is 302 g/mol. The summed E-state index contributed by atoms with van der Waals surface area (Å²) in [5.74, 6) is -1.33. The van der Waals surface area contributed by atoms with Gasteiger partial charge in [-0.05, 0) is 41.5 Å². The van der Waals surface area contributed by atoms with Gasteiger partial charge in [0.15, 0.2) is 0 Å². The second kappa shape index (κ2) is 5.81. The van der Waals surface area contributed by atoms with E-state index in [1.807, 2.05) is 0 Å². The molecule has 0 bridgehead atoms. The molecule has 1 atom stereocenters. The van der Waals surface area contributed by atoms with Crippen LogP contribution in [0.15, 0.2) is 42.5 Å². The third-order valence-electron chi connectivity index (χ3n) is 3.04. The van der Waals surface area contributed by atoms with Crippen molar-refractivity contribution in [2.75, 3.05) is 0 Å². The van der Waals surface area contributed by atoms with Gasteiger partial charge >= 0.3 is 6.18 Å². The number of aliphatic hydroxyl groups is 1. The summed E-state index contributed by atoms with van der Waals surface area (Å²) in [5.41, 5.74) is -0.676. The van der Waals surface area contributed by atoms with Gasteiger partial charge in [-0.15, -0.1) is 0 Å². The lowest BCUT2D eigenvalue weighted by atomic mass is 10.00. The van der Waals surface area contributed by atoms with E-state index >= 15 is 0 Å². The minimum atomic E-state index is -4.46. The number of hydrogen-bond donors (Lipinski definition) is 1. The smallest absolute Gasteiger partial charge is 0.388 e. The van der Waals surface area contributed by atoms with E-state index < -0.39 is 29.5 Å². The van der Waals surface area contributed by atoms with Crippen LogP contribution in [0.2, 0.25) is 0 Å². The third kappa shape index (κ3) is 3.78. The molecule has 0 saturated carbocycles. The summed E-state index contributed by atoms with van der Waals surface area (Å²) in [7, 11) is 0. The maximum absolute atomic E-state index is 13.4. The summed E-state index contributed by atoms with van der Waals surface area (Å²) < 4.78 is 63.7. The van der Waals surface area contributed by atoms with Gasteiger partial charge in [0, 0.05) is 6.42 Å². The molecule has 0 aliphatic carbocycles. The van der Waals surface area contributed by atoms with Crippen LogP contribution < -0.4 is 0 Å². The maximum Gasteiger partial charge on any atom is 0.416 e. The molecule has 0 aliphatic rings. The fourth-order valence-electron chi connectivity index (χ4n) is 1.92. The molecule has 21 heavy (non-hydrogen) atoms. The van der Waals surface area contributed by atoms with Crippen molar-refractivity contribution < 1.29 is 27.1 Å². The van der Waals surface area contributed by atoms with Crippen molar-refractivity contribution in [2.24, 2.45) is 0 Å². The molecule has 112 valence electrons. The lowest BCUT2D eigenvalue weighted by Crippen LogP contribution is -2.07. The van der Waals surface area contributed by atoms with Crippen molar-refractivity contribution in [1.82, 2.24) is 0 Å². The SMILES string of the molecule is OC(Cc1cc(F)ccc1F)c1ccc(C(F)(F)F)cc1. The average Bonchev–Trinajstić information content (AvgIpc) is 2.42. The van der Waals surface area contributed by atoms with Gasteiger partial charge < -0.3 is 5.11 Å². The molecule has 2 aromatic rings. The first-order valence-corrected chi connectivity index (χ1v) is 6.06. The molecule has 1 unspecified atom stereocenters. The Morgan fingerprint density at radius 3 is 2.14 bits per heavy atom. The standard InChI is InChI=1S/C15H11F5O/c16-12-5-6-13(17)10(7-12)8-14(21)9-1-3-11(4-2-9)15(18,19)20/h1-7,14,21H,8H2. The Morgan fingerprint density at radius 2 is 1.57 bits per heavy atom. The van der Waals surface area contributed by atoms with E-state index in [4.69, 9.17) is 0 Å². The Bertz CT molecular complexity index is 619. The summed E-state index contributed by atoms with van der Waals surface area (Å²) >= 11 is 0. The van der Waals surface area contributed by atoms with Crippen molar-refractivity contribution in [3.8, 4) is 0 Å². The van der Waals surface area contributed by atoms with Crippen molar-refractivity contribution in [3.63, 3.8) is 0 Å². The van der Waals surface area contributed by atoms with E-state index in [1.165, 1.54) is 0 Å². The number of rotatable bonds is 3. The van der Waals surface area contributed by atoms with Crippen LogP contribution in [0.25, 0.3) is 0 Å². The summed E-state index contributed by atoms with van der Waals surface area (Å²) in [4.78, 5) is 0.